The van der Waals surface area contributed by atoms with Crippen molar-refractivity contribution < 1.29 is 0 Å². The Kier molecular flexibility index (Phi) is 5.46. The lowest BCUT2D eigenvalue weighted by molar-refractivity contribution is 0.0992. The zero-order valence-corrected chi connectivity index (χ0v) is 12.5. The first-order valence-electron chi connectivity index (χ1n) is 7.72. The number of hydrogen-bond donors (Lipinski definition) is 1. The van der Waals surface area contributed by atoms with E-state index in [4.69, 9.17) is 0 Å². The lowest BCUT2D eigenvalue weighted by Gasteiger charge is -2.40. The number of likely N-dealkylation sites (tertiary alicyclic amines) is 1. The van der Waals surface area contributed by atoms with E-state index in [1.165, 1.54) is 58.3 Å². The van der Waals surface area contributed by atoms with Crippen molar-refractivity contribution in [2.45, 2.75) is 38.1 Å². The minimum atomic E-state index is 0.788. The Morgan fingerprint density at radius 2 is 1.94 bits per heavy atom. The third kappa shape index (κ3) is 3.94. The fourth-order valence-electron chi connectivity index (χ4n) is 3.80. The highest BCUT2D eigenvalue weighted by molar-refractivity contribution is 4.85. The molecule has 1 N–H and O–H groups in total. The summed E-state index contributed by atoms with van der Waals surface area (Å²) in [5.41, 5.74) is 0. The topological polar surface area (TPSA) is 18.5 Å². The van der Waals surface area contributed by atoms with Crippen LogP contribution in [0.2, 0.25) is 0 Å². The maximum atomic E-state index is 3.48. The van der Waals surface area contributed by atoms with E-state index in [-0.39, 0.29) is 0 Å². The van der Waals surface area contributed by atoms with Gasteiger partial charge in [0, 0.05) is 12.6 Å². The fourth-order valence-corrected chi connectivity index (χ4v) is 3.80. The smallest absolute Gasteiger partial charge is 0.0132 e. The van der Waals surface area contributed by atoms with Crippen LogP contribution < -0.4 is 5.32 Å². The molecule has 0 aromatic heterocycles. The molecule has 2 fully saturated rings. The Hall–Kier alpha value is -0.120. The Labute approximate surface area is 113 Å². The van der Waals surface area contributed by atoms with Gasteiger partial charge in [-0.1, -0.05) is 0 Å². The first-order chi connectivity index (χ1) is 8.66. The summed E-state index contributed by atoms with van der Waals surface area (Å²) in [5, 5.41) is 3.48. The van der Waals surface area contributed by atoms with Crippen LogP contribution >= 0.6 is 0 Å². The van der Waals surface area contributed by atoms with Crippen LogP contribution in [0.5, 0.6) is 0 Å². The summed E-state index contributed by atoms with van der Waals surface area (Å²) in [7, 11) is 6.84. The van der Waals surface area contributed by atoms with Gasteiger partial charge in [-0.2, -0.15) is 0 Å². The lowest BCUT2D eigenvalue weighted by atomic mass is 9.82. The summed E-state index contributed by atoms with van der Waals surface area (Å²) in [5.74, 6) is 1.83. The maximum absolute atomic E-state index is 3.48. The van der Waals surface area contributed by atoms with Crippen molar-refractivity contribution in [2.24, 2.45) is 11.8 Å². The Bertz CT molecular complexity index is 236. The van der Waals surface area contributed by atoms with Gasteiger partial charge in [0.25, 0.3) is 0 Å². The van der Waals surface area contributed by atoms with Crippen molar-refractivity contribution in [3.05, 3.63) is 0 Å². The van der Waals surface area contributed by atoms with Gasteiger partial charge in [0.15, 0.2) is 0 Å². The summed E-state index contributed by atoms with van der Waals surface area (Å²) in [4.78, 5) is 5.01. The molecular formula is C15H31N3. The molecule has 0 aliphatic carbocycles. The minimum Gasteiger partial charge on any atom is -0.317 e. The third-order valence-corrected chi connectivity index (χ3v) is 4.90. The second-order valence-electron chi connectivity index (χ2n) is 6.62. The van der Waals surface area contributed by atoms with E-state index >= 15 is 0 Å². The lowest BCUT2D eigenvalue weighted by Crippen LogP contribution is -2.45. The normalized spacial score (nSPS) is 29.7. The molecule has 0 spiro atoms. The zero-order valence-electron chi connectivity index (χ0n) is 12.5. The molecule has 2 aliphatic rings. The fraction of sp³-hybridized carbons (Fsp3) is 1.00. The van der Waals surface area contributed by atoms with E-state index in [0.29, 0.717) is 0 Å². The Balaban J connectivity index is 1.89. The predicted molar refractivity (Wildman–Crippen MR) is 77.9 cm³/mol. The van der Waals surface area contributed by atoms with Gasteiger partial charge in [-0.25, -0.2) is 0 Å². The molecule has 0 bridgehead atoms. The van der Waals surface area contributed by atoms with Crippen LogP contribution in [0.3, 0.4) is 0 Å². The van der Waals surface area contributed by atoms with Gasteiger partial charge in [-0.15, -0.1) is 0 Å². The third-order valence-electron chi connectivity index (χ3n) is 4.90. The molecule has 2 rings (SSSR count). The molecule has 0 radical (unpaired) electrons. The molecule has 3 heteroatoms. The van der Waals surface area contributed by atoms with Crippen molar-refractivity contribution in [2.75, 3.05) is 47.3 Å². The van der Waals surface area contributed by atoms with Crippen LogP contribution in [-0.2, 0) is 0 Å². The van der Waals surface area contributed by atoms with Gasteiger partial charge in [0.05, 0.1) is 0 Å². The van der Waals surface area contributed by atoms with Crippen molar-refractivity contribution in [1.29, 1.82) is 0 Å². The quantitative estimate of drug-likeness (QED) is 0.822. The summed E-state index contributed by atoms with van der Waals surface area (Å²) in [6.07, 6.45) is 6.99. The van der Waals surface area contributed by atoms with E-state index in [1.807, 2.05) is 0 Å². The van der Waals surface area contributed by atoms with Crippen molar-refractivity contribution in [3.8, 4) is 0 Å². The van der Waals surface area contributed by atoms with Crippen LogP contribution in [0.1, 0.15) is 32.1 Å². The van der Waals surface area contributed by atoms with E-state index in [1.54, 1.807) is 0 Å². The molecule has 0 amide bonds. The molecule has 0 saturated carbocycles. The van der Waals surface area contributed by atoms with Gasteiger partial charge in [-0.05, 0) is 84.7 Å². The Morgan fingerprint density at radius 1 is 1.22 bits per heavy atom. The molecule has 0 aromatic rings. The van der Waals surface area contributed by atoms with Crippen molar-refractivity contribution in [3.63, 3.8) is 0 Å². The van der Waals surface area contributed by atoms with Crippen LogP contribution in [0.15, 0.2) is 0 Å². The highest BCUT2D eigenvalue weighted by Gasteiger charge is 2.29. The van der Waals surface area contributed by atoms with Crippen LogP contribution in [0.25, 0.3) is 0 Å². The van der Waals surface area contributed by atoms with E-state index in [0.717, 1.165) is 17.9 Å². The van der Waals surface area contributed by atoms with Gasteiger partial charge >= 0.3 is 0 Å². The molecule has 106 valence electrons. The average Bonchev–Trinajstić information content (AvgIpc) is 2.37. The van der Waals surface area contributed by atoms with Gasteiger partial charge in [0.2, 0.25) is 0 Å². The molecule has 18 heavy (non-hydrogen) atoms. The van der Waals surface area contributed by atoms with E-state index in [9.17, 15) is 0 Å². The number of nitrogens with zero attached hydrogens (tertiary/aromatic N) is 2. The SMILES string of the molecule is CN1CCCC(C(CC2CCNCC2)N(C)C)C1. The van der Waals surface area contributed by atoms with Crippen LogP contribution in [0, 0.1) is 11.8 Å². The van der Waals surface area contributed by atoms with E-state index < -0.39 is 0 Å². The van der Waals surface area contributed by atoms with Crippen LogP contribution in [-0.4, -0.2) is 63.2 Å². The van der Waals surface area contributed by atoms with Crippen LogP contribution in [0.4, 0.5) is 0 Å². The van der Waals surface area contributed by atoms with E-state index in [2.05, 4.69) is 36.3 Å². The van der Waals surface area contributed by atoms with Gasteiger partial charge in [0.1, 0.15) is 0 Å². The molecule has 2 heterocycles. The number of hydrogen-bond acceptors (Lipinski definition) is 3. The second-order valence-corrected chi connectivity index (χ2v) is 6.62. The standard InChI is InChI=1S/C15H31N3/c1-17(2)15(11-13-6-8-16-9-7-13)14-5-4-10-18(3)12-14/h13-16H,4-12H2,1-3H3. The molecular weight excluding hydrogens is 222 g/mol. The number of rotatable bonds is 4. The molecule has 2 unspecified atom stereocenters. The monoisotopic (exact) mass is 253 g/mol. The summed E-state index contributed by atoms with van der Waals surface area (Å²) in [6, 6.07) is 0.788. The molecule has 2 atom stereocenters. The second kappa shape index (κ2) is 6.88. The summed E-state index contributed by atoms with van der Waals surface area (Å²) < 4.78 is 0. The summed E-state index contributed by atoms with van der Waals surface area (Å²) >= 11 is 0. The first-order valence-corrected chi connectivity index (χ1v) is 7.72. The zero-order chi connectivity index (χ0) is 13.0. The summed E-state index contributed by atoms with van der Waals surface area (Å²) in [6.45, 7) is 5.06. The van der Waals surface area contributed by atoms with Crippen molar-refractivity contribution >= 4 is 0 Å². The first kappa shape index (κ1) is 14.3. The van der Waals surface area contributed by atoms with Crippen molar-refractivity contribution in [1.82, 2.24) is 15.1 Å². The maximum Gasteiger partial charge on any atom is 0.0132 e. The molecule has 2 saturated heterocycles. The van der Waals surface area contributed by atoms with Gasteiger partial charge in [-0.3, -0.25) is 0 Å². The number of piperidine rings is 2. The molecule has 0 aromatic carbocycles. The molecule has 3 nitrogen and oxygen atoms in total. The minimum absolute atomic E-state index is 0.788. The number of nitrogens with one attached hydrogen (secondary N) is 1. The highest BCUT2D eigenvalue weighted by atomic mass is 15.1. The van der Waals surface area contributed by atoms with Gasteiger partial charge < -0.3 is 15.1 Å². The highest BCUT2D eigenvalue weighted by Crippen LogP contribution is 2.28. The predicted octanol–water partition coefficient (Wildman–Crippen LogP) is 1.65. The largest absolute Gasteiger partial charge is 0.317 e. The Morgan fingerprint density at radius 3 is 2.56 bits per heavy atom. The average molecular weight is 253 g/mol. The molecule has 2 aliphatic heterocycles.